The van der Waals surface area contributed by atoms with Gasteiger partial charge >= 0.3 is 0 Å². The molecule has 1 fully saturated rings. The van der Waals surface area contributed by atoms with E-state index in [1.165, 1.54) is 11.3 Å². The molecule has 2 aromatic rings. The van der Waals surface area contributed by atoms with Gasteiger partial charge in [0.1, 0.15) is 11.6 Å². The summed E-state index contributed by atoms with van der Waals surface area (Å²) in [5, 5.41) is 5.81. The Hall–Kier alpha value is -1.57. The Bertz CT molecular complexity index is 732. The second kappa shape index (κ2) is 6.90. The summed E-state index contributed by atoms with van der Waals surface area (Å²) in [6.07, 6.45) is 3.77. The van der Waals surface area contributed by atoms with Crippen molar-refractivity contribution in [2.45, 2.75) is 18.8 Å². The van der Waals surface area contributed by atoms with Crippen molar-refractivity contribution in [3.63, 3.8) is 0 Å². The molecule has 1 aromatic carbocycles. The number of aromatic nitrogens is 1. The molecule has 0 radical (unpaired) electrons. The number of rotatable bonds is 3. The van der Waals surface area contributed by atoms with Gasteiger partial charge in [0, 0.05) is 11.1 Å². The van der Waals surface area contributed by atoms with Gasteiger partial charge in [0.05, 0.1) is 10.6 Å². The number of amides is 1. The van der Waals surface area contributed by atoms with Crippen molar-refractivity contribution in [3.8, 4) is 0 Å². The quantitative estimate of drug-likeness (QED) is 0.822. The number of halogens is 3. The van der Waals surface area contributed by atoms with Crippen molar-refractivity contribution in [1.82, 2.24) is 10.3 Å². The Balaban J connectivity index is 1.73. The fraction of sp³-hybridized carbons (Fsp3) is 0.333. The van der Waals surface area contributed by atoms with E-state index in [2.05, 4.69) is 15.6 Å². The van der Waals surface area contributed by atoms with Gasteiger partial charge in [0.25, 0.3) is 5.91 Å². The Morgan fingerprint density at radius 3 is 2.78 bits per heavy atom. The zero-order valence-electron chi connectivity index (χ0n) is 12.0. The van der Waals surface area contributed by atoms with Crippen molar-refractivity contribution < 1.29 is 13.6 Å². The summed E-state index contributed by atoms with van der Waals surface area (Å²) in [5.41, 5.74) is -0.398. The highest BCUT2D eigenvalue weighted by Crippen LogP contribution is 2.32. The molecule has 2 N–H and O–H groups in total. The molecule has 0 spiro atoms. The van der Waals surface area contributed by atoms with E-state index in [9.17, 15) is 13.6 Å². The van der Waals surface area contributed by atoms with Crippen LogP contribution in [0.1, 0.15) is 34.0 Å². The maximum absolute atomic E-state index is 13.7. The number of carbonyl (C=O) groups excluding carboxylic acids is 1. The van der Waals surface area contributed by atoms with Crippen LogP contribution in [0.3, 0.4) is 0 Å². The van der Waals surface area contributed by atoms with E-state index in [1.807, 2.05) is 0 Å². The number of anilines is 1. The number of nitrogens with one attached hydrogen (secondary N) is 2. The third-order valence-electron chi connectivity index (χ3n) is 3.74. The van der Waals surface area contributed by atoms with Crippen molar-refractivity contribution in [2.24, 2.45) is 0 Å². The lowest BCUT2D eigenvalue weighted by atomic mass is 9.97. The average Bonchev–Trinajstić information content (AvgIpc) is 3.00. The Kier molecular flexibility index (Phi) is 4.89. The lowest BCUT2D eigenvalue weighted by Crippen LogP contribution is -2.26. The molecular formula is C15H14ClF2N3OS. The maximum atomic E-state index is 13.7. The van der Waals surface area contributed by atoms with Crippen LogP contribution in [0.4, 0.5) is 13.9 Å². The van der Waals surface area contributed by atoms with Gasteiger partial charge in [0.15, 0.2) is 5.13 Å². The summed E-state index contributed by atoms with van der Waals surface area (Å²) in [5.74, 6) is -2.04. The highest BCUT2D eigenvalue weighted by atomic mass is 35.5. The number of hydrogen-bond acceptors (Lipinski definition) is 4. The molecule has 1 aromatic heterocycles. The Labute approximate surface area is 140 Å². The summed E-state index contributed by atoms with van der Waals surface area (Å²) in [6, 6.07) is 1.57. The molecule has 1 aliphatic heterocycles. The van der Waals surface area contributed by atoms with Gasteiger partial charge in [-0.25, -0.2) is 13.8 Å². The van der Waals surface area contributed by atoms with Gasteiger partial charge in [-0.3, -0.25) is 10.1 Å². The minimum absolute atomic E-state index is 0.360. The summed E-state index contributed by atoms with van der Waals surface area (Å²) in [4.78, 5) is 17.3. The molecule has 4 nitrogen and oxygen atoms in total. The molecule has 1 saturated heterocycles. The molecule has 0 atom stereocenters. The largest absolute Gasteiger partial charge is 0.317 e. The lowest BCUT2D eigenvalue weighted by molar-refractivity contribution is 0.102. The molecule has 8 heteroatoms. The molecule has 2 heterocycles. The molecule has 122 valence electrons. The van der Waals surface area contributed by atoms with Gasteiger partial charge in [0.2, 0.25) is 0 Å². The molecule has 0 aliphatic carbocycles. The number of thiazole rings is 1. The third-order valence-corrected chi connectivity index (χ3v) is 5.11. The van der Waals surface area contributed by atoms with E-state index in [1.54, 1.807) is 6.20 Å². The van der Waals surface area contributed by atoms with E-state index in [0.29, 0.717) is 11.0 Å². The standard InChI is InChI=1S/C15H14ClF2N3OS/c16-10-6-11(17)9(5-12(10)18)14(22)21-15-20-7-13(23-15)8-1-3-19-4-2-8/h5-8,19H,1-4H2,(H,20,21,22). The van der Waals surface area contributed by atoms with Gasteiger partial charge in [-0.05, 0) is 44.0 Å². The monoisotopic (exact) mass is 357 g/mol. The van der Waals surface area contributed by atoms with Gasteiger partial charge in [-0.2, -0.15) is 0 Å². The number of carbonyl (C=O) groups is 1. The molecule has 1 amide bonds. The molecule has 1 aliphatic rings. The minimum atomic E-state index is -0.871. The second-order valence-electron chi connectivity index (χ2n) is 5.29. The SMILES string of the molecule is O=C(Nc1ncc(C2CCNCC2)s1)c1cc(F)c(Cl)cc1F. The van der Waals surface area contributed by atoms with Crippen LogP contribution in [0.25, 0.3) is 0 Å². The molecule has 0 unspecified atom stereocenters. The van der Waals surface area contributed by atoms with E-state index in [4.69, 9.17) is 11.6 Å². The number of benzene rings is 1. The molecule has 23 heavy (non-hydrogen) atoms. The summed E-state index contributed by atoms with van der Waals surface area (Å²) in [7, 11) is 0. The normalized spacial score (nSPS) is 15.6. The predicted octanol–water partition coefficient (Wildman–Crippen LogP) is 3.79. The van der Waals surface area contributed by atoms with Crippen LogP contribution < -0.4 is 10.6 Å². The van der Waals surface area contributed by atoms with Gasteiger partial charge < -0.3 is 5.32 Å². The molecule has 3 rings (SSSR count). The van der Waals surface area contributed by atoms with Crippen molar-refractivity contribution in [1.29, 1.82) is 0 Å². The van der Waals surface area contributed by atoms with Crippen LogP contribution in [-0.2, 0) is 0 Å². The van der Waals surface area contributed by atoms with Gasteiger partial charge in [-0.15, -0.1) is 11.3 Å². The topological polar surface area (TPSA) is 54.0 Å². The average molecular weight is 358 g/mol. The number of nitrogens with zero attached hydrogens (tertiary/aromatic N) is 1. The first-order chi connectivity index (χ1) is 11.0. The first-order valence-corrected chi connectivity index (χ1v) is 8.36. The molecule has 0 saturated carbocycles. The smallest absolute Gasteiger partial charge is 0.260 e. The van der Waals surface area contributed by atoms with E-state index >= 15 is 0 Å². The second-order valence-corrected chi connectivity index (χ2v) is 6.76. The van der Waals surface area contributed by atoms with Crippen molar-refractivity contribution in [2.75, 3.05) is 18.4 Å². The zero-order chi connectivity index (χ0) is 16.4. The van der Waals surface area contributed by atoms with Crippen LogP contribution >= 0.6 is 22.9 Å². The van der Waals surface area contributed by atoms with Crippen LogP contribution in [0, 0.1) is 11.6 Å². The predicted molar refractivity (Wildman–Crippen MR) is 86.3 cm³/mol. The molecule has 0 bridgehead atoms. The Morgan fingerprint density at radius 1 is 1.30 bits per heavy atom. The van der Waals surface area contributed by atoms with Crippen molar-refractivity contribution in [3.05, 3.63) is 45.4 Å². The number of hydrogen-bond donors (Lipinski definition) is 2. The van der Waals surface area contributed by atoms with Gasteiger partial charge in [-0.1, -0.05) is 11.6 Å². The van der Waals surface area contributed by atoms with Crippen LogP contribution in [0.2, 0.25) is 5.02 Å². The van der Waals surface area contributed by atoms with Crippen molar-refractivity contribution >= 4 is 34.0 Å². The fourth-order valence-electron chi connectivity index (χ4n) is 2.50. The lowest BCUT2D eigenvalue weighted by Gasteiger charge is -2.20. The highest BCUT2D eigenvalue weighted by Gasteiger charge is 2.20. The first-order valence-electron chi connectivity index (χ1n) is 7.17. The third kappa shape index (κ3) is 3.68. The highest BCUT2D eigenvalue weighted by molar-refractivity contribution is 7.15. The Morgan fingerprint density at radius 2 is 2.04 bits per heavy atom. The summed E-state index contributed by atoms with van der Waals surface area (Å²) < 4.78 is 27.2. The molecular weight excluding hydrogens is 344 g/mol. The van der Waals surface area contributed by atoms with E-state index in [-0.39, 0.29) is 5.02 Å². The van der Waals surface area contributed by atoms with Crippen LogP contribution in [-0.4, -0.2) is 24.0 Å². The van der Waals surface area contributed by atoms with Crippen LogP contribution in [0.5, 0.6) is 0 Å². The fourth-order valence-corrected chi connectivity index (χ4v) is 3.63. The maximum Gasteiger partial charge on any atom is 0.260 e. The minimum Gasteiger partial charge on any atom is -0.317 e. The summed E-state index contributed by atoms with van der Waals surface area (Å²) >= 11 is 6.84. The van der Waals surface area contributed by atoms with E-state index < -0.39 is 23.1 Å². The zero-order valence-corrected chi connectivity index (χ0v) is 13.6. The van der Waals surface area contributed by atoms with E-state index in [0.717, 1.165) is 42.9 Å². The summed E-state index contributed by atoms with van der Waals surface area (Å²) in [6.45, 7) is 1.92. The number of piperidine rings is 1. The van der Waals surface area contributed by atoms with Crippen LogP contribution in [0.15, 0.2) is 18.3 Å². The first kappa shape index (κ1) is 16.3.